The van der Waals surface area contributed by atoms with E-state index in [1.807, 2.05) is 77.7 Å². The van der Waals surface area contributed by atoms with Crippen LogP contribution in [0.1, 0.15) is 112 Å². The van der Waals surface area contributed by atoms with Gasteiger partial charge in [0, 0.05) is 65.8 Å². The number of furan rings is 1. The summed E-state index contributed by atoms with van der Waals surface area (Å²) in [5.41, 5.74) is 3.89. The number of anilines is 9. The third-order valence-electron chi connectivity index (χ3n) is 14.7. The molecule has 0 aliphatic carbocycles. The topological polar surface area (TPSA) is 22.9 Å². The van der Waals surface area contributed by atoms with Gasteiger partial charge in [0.15, 0.2) is 0 Å². The Morgan fingerprint density at radius 1 is 0.566 bits per heavy atom. The molecule has 4 nitrogen and oxygen atoms in total. The van der Waals surface area contributed by atoms with Crippen LogP contribution in [0.4, 0.5) is 64.6 Å². The number of benzene rings is 8. The molecule has 0 radical (unpaired) electrons. The Hall–Kier alpha value is -7.49. The van der Waals surface area contributed by atoms with Crippen LogP contribution in [0, 0.1) is 13.8 Å². The zero-order chi connectivity index (χ0) is 63.8. The van der Waals surface area contributed by atoms with Crippen LogP contribution >= 0.6 is 11.3 Å². The van der Waals surface area contributed by atoms with E-state index in [0.29, 0.717) is 70.5 Å². The predicted octanol–water partition coefficient (Wildman–Crippen LogP) is 18.4. The Morgan fingerprint density at radius 3 is 1.66 bits per heavy atom. The zero-order valence-electron chi connectivity index (χ0n) is 56.1. The summed E-state index contributed by atoms with van der Waals surface area (Å²) < 4.78 is 167. The molecule has 0 bridgehead atoms. The number of rotatable bonds is 6. The van der Waals surface area contributed by atoms with Crippen molar-refractivity contribution >= 4 is 107 Å². The molecule has 10 aromatic rings. The lowest BCUT2D eigenvalue weighted by Gasteiger charge is -2.43. The molecule has 0 atom stereocenters. The molecule has 76 heavy (non-hydrogen) atoms. The van der Waals surface area contributed by atoms with Crippen LogP contribution in [0.2, 0.25) is 0 Å². The van der Waals surface area contributed by atoms with Crippen molar-refractivity contribution in [2.75, 3.05) is 14.7 Å². The first-order chi connectivity index (χ1) is 41.0. The number of nitrogens with zero attached hydrogens (tertiary/aromatic N) is 3. The molecule has 0 spiro atoms. The average molecular weight is 1040 g/mol. The highest BCUT2D eigenvalue weighted by Crippen LogP contribution is 2.52. The van der Waals surface area contributed by atoms with Crippen molar-refractivity contribution < 1.29 is 34.0 Å². The maximum absolute atomic E-state index is 15.2. The number of halogens is 3. The monoisotopic (exact) mass is 1040 g/mol. The van der Waals surface area contributed by atoms with Crippen LogP contribution in [0.15, 0.2) is 174 Å². The Balaban J connectivity index is 1.32. The third kappa shape index (κ3) is 8.30. The minimum atomic E-state index is -4.70. The normalized spacial score (nSPS) is 15.8. The van der Waals surface area contributed by atoms with Gasteiger partial charge in [-0.25, -0.2) is 0 Å². The van der Waals surface area contributed by atoms with Gasteiger partial charge in [0.2, 0.25) is 5.88 Å². The molecular weight excluding hydrogens is 963 g/mol. The number of para-hydroxylation sites is 2. The first-order valence-corrected chi connectivity index (χ1v) is 26.1. The third-order valence-corrected chi connectivity index (χ3v) is 15.8. The number of thiophene rings is 1. The Bertz CT molecular complexity index is 4510. The lowest BCUT2D eigenvalue weighted by molar-refractivity contribution is -0.137. The van der Waals surface area contributed by atoms with Crippen LogP contribution in [-0.2, 0) is 22.4 Å². The first kappa shape index (κ1) is 37.3. The first-order valence-electron chi connectivity index (χ1n) is 31.3. The van der Waals surface area contributed by atoms with E-state index in [9.17, 15) is 8.22 Å². The summed E-state index contributed by atoms with van der Waals surface area (Å²) in [5.74, 6) is 0.258. The van der Waals surface area contributed by atoms with E-state index in [2.05, 4.69) is 68.4 Å². The summed E-state index contributed by atoms with van der Waals surface area (Å²) in [7, 11) is 0. The summed E-state index contributed by atoms with van der Waals surface area (Å²) in [6, 6.07) is 20.6. The molecule has 9 heteroatoms. The van der Waals surface area contributed by atoms with Crippen molar-refractivity contribution in [3.8, 4) is 10.4 Å². The summed E-state index contributed by atoms with van der Waals surface area (Å²) in [6.07, 6.45) is -4.70. The van der Waals surface area contributed by atoms with E-state index in [4.69, 9.17) is 12.6 Å². The van der Waals surface area contributed by atoms with Crippen molar-refractivity contribution in [3.63, 3.8) is 0 Å². The molecule has 8 aromatic carbocycles. The zero-order valence-corrected chi connectivity index (χ0v) is 44.9. The summed E-state index contributed by atoms with van der Waals surface area (Å²) >= 11 is 1.21. The van der Waals surface area contributed by atoms with Crippen molar-refractivity contribution in [2.24, 2.45) is 0 Å². The second-order valence-electron chi connectivity index (χ2n) is 23.0. The van der Waals surface area contributed by atoms with Gasteiger partial charge in [0.25, 0.3) is 6.71 Å². The number of aryl methyl sites for hydroxylation is 2. The molecule has 0 amide bonds. The quantitative estimate of drug-likeness (QED) is 0.155. The molecular formula is C67H61BF3N3OS. The van der Waals surface area contributed by atoms with E-state index < -0.39 is 108 Å². The lowest BCUT2D eigenvalue weighted by Crippen LogP contribution is -2.61. The number of hydrogen-bond acceptors (Lipinski definition) is 5. The minimum Gasteiger partial charge on any atom is -0.440 e. The average Bonchev–Trinajstić information content (AvgIpc) is 0.875. The van der Waals surface area contributed by atoms with Crippen molar-refractivity contribution in [3.05, 3.63) is 203 Å². The van der Waals surface area contributed by atoms with Crippen molar-refractivity contribution in [2.45, 2.75) is 98.6 Å². The fourth-order valence-electron chi connectivity index (χ4n) is 10.9. The molecule has 0 saturated heterocycles. The van der Waals surface area contributed by atoms with Crippen LogP contribution in [0.25, 0.3) is 31.5 Å². The highest BCUT2D eigenvalue weighted by atomic mass is 32.1. The molecule has 12 rings (SSSR count). The summed E-state index contributed by atoms with van der Waals surface area (Å²) in [4.78, 5) is 4.86. The van der Waals surface area contributed by atoms with Gasteiger partial charge in [0.1, 0.15) is 5.58 Å². The number of hydrogen-bond donors (Lipinski definition) is 0. The van der Waals surface area contributed by atoms with Gasteiger partial charge in [-0.2, -0.15) is 13.2 Å². The smallest absolute Gasteiger partial charge is 0.417 e. The van der Waals surface area contributed by atoms with Gasteiger partial charge in [-0.15, -0.1) is 11.3 Å². The molecule has 0 saturated carbocycles. The fraction of sp³-hybridized carbons (Fsp3) is 0.224. The van der Waals surface area contributed by atoms with Gasteiger partial charge in [0.05, 0.1) is 27.7 Å². The molecule has 2 aliphatic heterocycles. The molecule has 380 valence electrons. The SMILES string of the molecule is [2H]c1c([2H])c([2H])c(N(c2c([2H])c([2H])c([2H])c([2H])c2[2H])c2c([2H])c3c4c(c2[2H])N(c2ccc(C(C)(C)C)cc2)c2oc5ccc(C(C)(C)C)cc5c2B4c2cc4sc(-c5c(C)cc(C)cc5C(F)(F)F)cc4cc2N3c2ccc(C(C)(C)C)cc2)c([2H])c1[2H]. The number of fused-ring (bicyclic) bond motifs is 7. The summed E-state index contributed by atoms with van der Waals surface area (Å²) in [6.45, 7) is 21.1. The Labute approximate surface area is 466 Å². The van der Waals surface area contributed by atoms with Gasteiger partial charge in [-0.1, -0.05) is 141 Å². The van der Waals surface area contributed by atoms with Gasteiger partial charge >= 0.3 is 6.18 Å². The molecule has 0 fully saturated rings. The van der Waals surface area contributed by atoms with Crippen LogP contribution < -0.4 is 31.1 Å². The van der Waals surface area contributed by atoms with Gasteiger partial charge in [-0.05, 0) is 166 Å². The van der Waals surface area contributed by atoms with E-state index in [0.717, 1.165) is 27.7 Å². The standard InChI is InChI=1S/C67H61BF3N3OS/c1-40-32-41(2)60(52(33-40)67(69,70)71)59-35-42-34-54-53(39-58(42)76-59)68-61-51-36-45(66(9,10)11)26-31-57(51)75-63(61)74(49-29-24-44(25-30-49)65(6,7)8)56-38-50(72(46-18-14-12-15-19-46)47-20-16-13-17-21-47)37-55(62(56)68)73(54)48-27-22-43(23-28-48)64(3,4)5/h12-39H,1-11H3/i12D,13D,14D,15D,16D,17D,18D,19D,20D,21D,37D,38D. The van der Waals surface area contributed by atoms with E-state index in [1.54, 1.807) is 30.9 Å². The predicted molar refractivity (Wildman–Crippen MR) is 316 cm³/mol. The van der Waals surface area contributed by atoms with Crippen molar-refractivity contribution in [1.82, 2.24) is 0 Å². The maximum Gasteiger partial charge on any atom is 0.417 e. The maximum atomic E-state index is 15.2. The van der Waals surface area contributed by atoms with Crippen LogP contribution in [-0.4, -0.2) is 6.71 Å². The number of alkyl halides is 3. The second-order valence-corrected chi connectivity index (χ2v) is 24.1. The lowest BCUT2D eigenvalue weighted by atomic mass is 9.33. The minimum absolute atomic E-state index is 0.0402. The van der Waals surface area contributed by atoms with E-state index >= 15 is 13.2 Å². The van der Waals surface area contributed by atoms with E-state index in [1.165, 1.54) is 11.3 Å². The summed E-state index contributed by atoms with van der Waals surface area (Å²) in [5, 5.41) is 1.27. The largest absolute Gasteiger partial charge is 0.440 e. The Kier molecular flexibility index (Phi) is 8.60. The molecule has 2 aromatic heterocycles. The molecule has 4 heterocycles. The molecule has 0 N–H and O–H groups in total. The fourth-order valence-corrected chi connectivity index (χ4v) is 12.1. The molecule has 0 unspecified atom stereocenters. The van der Waals surface area contributed by atoms with Gasteiger partial charge in [-0.3, -0.25) is 4.90 Å². The van der Waals surface area contributed by atoms with E-state index in [-0.39, 0.29) is 39.1 Å². The van der Waals surface area contributed by atoms with Crippen LogP contribution in [0.5, 0.6) is 0 Å². The molecule has 2 aliphatic rings. The van der Waals surface area contributed by atoms with Crippen molar-refractivity contribution in [1.29, 1.82) is 0 Å². The Morgan fingerprint density at radius 2 is 1.11 bits per heavy atom. The second kappa shape index (κ2) is 17.5. The van der Waals surface area contributed by atoms with Crippen LogP contribution in [0.3, 0.4) is 0 Å². The highest BCUT2D eigenvalue weighted by molar-refractivity contribution is 7.22. The highest BCUT2D eigenvalue weighted by Gasteiger charge is 2.47. The van der Waals surface area contributed by atoms with Gasteiger partial charge < -0.3 is 14.2 Å².